The topological polar surface area (TPSA) is 29.9 Å². The Morgan fingerprint density at radius 2 is 2.05 bits per heavy atom. The van der Waals surface area contributed by atoms with Gasteiger partial charge in [-0.3, -0.25) is 0 Å². The van der Waals surface area contributed by atoms with E-state index in [1.54, 1.807) is 23.1 Å². The molecule has 0 radical (unpaired) electrons. The van der Waals surface area contributed by atoms with Gasteiger partial charge >= 0.3 is 15.7 Å². The molecule has 0 saturated heterocycles. The van der Waals surface area contributed by atoms with Gasteiger partial charge in [0.2, 0.25) is 0 Å². The Labute approximate surface area is 135 Å². The van der Waals surface area contributed by atoms with E-state index in [4.69, 9.17) is 5.73 Å². The largest absolute Gasteiger partial charge is 0.501 e. The fourth-order valence-electron chi connectivity index (χ4n) is 2.29. The molecule has 0 bridgehead atoms. The van der Waals surface area contributed by atoms with Crippen LogP contribution in [0.3, 0.4) is 0 Å². The number of aryl methyl sites for hydroxylation is 1. The first-order chi connectivity index (χ1) is 9.95. The van der Waals surface area contributed by atoms with Gasteiger partial charge < -0.3 is 5.73 Å². The Balaban J connectivity index is 2.46. The van der Waals surface area contributed by atoms with Gasteiger partial charge in [-0.1, -0.05) is 25.6 Å². The van der Waals surface area contributed by atoms with E-state index in [1.807, 2.05) is 6.92 Å². The van der Waals surface area contributed by atoms with E-state index in [0.717, 1.165) is 22.6 Å². The number of nitrogens with zero attached hydrogens (tertiary/aromatic N) is 1. The third-order valence-electron chi connectivity index (χ3n) is 3.63. The molecule has 110 valence electrons. The van der Waals surface area contributed by atoms with E-state index >= 15 is 0 Å². The summed E-state index contributed by atoms with van der Waals surface area (Å²) in [5.74, 6) is 0. The van der Waals surface area contributed by atoms with Gasteiger partial charge in [-0.15, -0.1) is 4.57 Å². The van der Waals surface area contributed by atoms with Crippen molar-refractivity contribution in [3.05, 3.63) is 52.7 Å². The normalized spacial score (nSPS) is 12.4. The molecule has 2 nitrogen and oxygen atoms in total. The summed E-state index contributed by atoms with van der Waals surface area (Å²) >= 11 is 3.51. The Kier molecular flexibility index (Phi) is 5.01. The van der Waals surface area contributed by atoms with Crippen molar-refractivity contribution >= 4 is 33.2 Å². The van der Waals surface area contributed by atoms with E-state index in [2.05, 4.69) is 56.3 Å². The van der Waals surface area contributed by atoms with Crippen molar-refractivity contribution in [3.63, 3.8) is 0 Å². The van der Waals surface area contributed by atoms with Gasteiger partial charge in [-0.25, -0.2) is 0 Å². The lowest BCUT2D eigenvalue weighted by molar-refractivity contribution is -0.708. The van der Waals surface area contributed by atoms with Crippen LogP contribution in [0.25, 0.3) is 10.1 Å². The molecular formula is C17H22N2S2+2. The Bertz CT molecular complexity index is 729. The van der Waals surface area contributed by atoms with E-state index in [-0.39, 0.29) is 0 Å². The second-order valence-corrected chi connectivity index (χ2v) is 7.42. The van der Waals surface area contributed by atoms with Crippen molar-refractivity contribution in [3.8, 4) is 0 Å². The minimum absolute atomic E-state index is 0.861. The van der Waals surface area contributed by atoms with Crippen LogP contribution in [0, 0.1) is 6.92 Å². The Hall–Kier alpha value is -1.39. The molecule has 0 aliphatic heterocycles. The molecule has 2 aromatic rings. The van der Waals surface area contributed by atoms with Crippen molar-refractivity contribution in [2.75, 3.05) is 0 Å². The summed E-state index contributed by atoms with van der Waals surface area (Å²) in [7, 11) is 2.11. The molecule has 1 aromatic heterocycles. The zero-order chi connectivity index (χ0) is 15.6. The molecule has 2 rings (SSSR count). The number of aromatic nitrogens is 1. The van der Waals surface area contributed by atoms with Gasteiger partial charge in [0.15, 0.2) is 5.69 Å². The van der Waals surface area contributed by atoms with Crippen molar-refractivity contribution < 1.29 is 4.57 Å². The summed E-state index contributed by atoms with van der Waals surface area (Å²) in [5.41, 5.74) is 9.24. The molecule has 1 aromatic carbocycles. The lowest BCUT2D eigenvalue weighted by Gasteiger charge is -2.06. The summed E-state index contributed by atoms with van der Waals surface area (Å²) in [4.78, 5) is 1.04. The van der Waals surface area contributed by atoms with Crippen LogP contribution in [-0.4, -0.2) is 0 Å². The average Bonchev–Trinajstić information content (AvgIpc) is 2.45. The highest BCUT2D eigenvalue weighted by Crippen LogP contribution is 2.35. The number of allylic oxidation sites excluding steroid dienone is 2. The molecule has 21 heavy (non-hydrogen) atoms. The molecule has 0 atom stereocenters. The van der Waals surface area contributed by atoms with Crippen molar-refractivity contribution in [2.45, 2.75) is 31.5 Å². The number of benzene rings is 1. The fourth-order valence-corrected chi connectivity index (χ4v) is 4.87. The highest BCUT2D eigenvalue weighted by atomic mass is 32.2. The molecule has 2 N–H and O–H groups in total. The van der Waals surface area contributed by atoms with E-state index in [0.29, 0.717) is 0 Å². The average molecular weight is 319 g/mol. The minimum Gasteiger partial charge on any atom is -0.402 e. The predicted octanol–water partition coefficient (Wildman–Crippen LogP) is 4.56. The van der Waals surface area contributed by atoms with Crippen LogP contribution in [0.5, 0.6) is 0 Å². The first-order valence-electron chi connectivity index (χ1n) is 6.99. The lowest BCUT2D eigenvalue weighted by Crippen LogP contribution is -2.34. The van der Waals surface area contributed by atoms with E-state index < -0.39 is 0 Å². The molecular weight excluding hydrogens is 296 g/mol. The molecule has 4 heteroatoms. The smallest absolute Gasteiger partial charge is 0.402 e. The van der Waals surface area contributed by atoms with Gasteiger partial charge in [0.05, 0.1) is 0 Å². The van der Waals surface area contributed by atoms with Crippen LogP contribution in [0.2, 0.25) is 0 Å². The van der Waals surface area contributed by atoms with Crippen LogP contribution in [0.15, 0.2) is 51.4 Å². The van der Waals surface area contributed by atoms with Crippen LogP contribution in [-0.2, 0) is 7.05 Å². The molecule has 1 heterocycles. The maximum Gasteiger partial charge on any atom is 0.501 e. The summed E-state index contributed by atoms with van der Waals surface area (Å²) < 4.78 is 4.76. The van der Waals surface area contributed by atoms with Crippen molar-refractivity contribution in [2.24, 2.45) is 12.8 Å². The minimum atomic E-state index is 0.861. The SMILES string of the molecule is C=C(Sc1[s+]c2ccccc2c(C)[n+]1C)/C(CC)=C(/C)N. The first-order valence-corrected chi connectivity index (χ1v) is 8.62. The Morgan fingerprint density at radius 3 is 2.67 bits per heavy atom. The second-order valence-electron chi connectivity index (χ2n) is 5.05. The van der Waals surface area contributed by atoms with Crippen LogP contribution < -0.4 is 10.3 Å². The first kappa shape index (κ1) is 16.0. The van der Waals surface area contributed by atoms with E-state index in [9.17, 15) is 0 Å². The number of nitrogens with two attached hydrogens (primary N) is 1. The molecule has 0 fully saturated rings. The van der Waals surface area contributed by atoms with Gasteiger partial charge in [0, 0.05) is 35.4 Å². The predicted molar refractivity (Wildman–Crippen MR) is 94.3 cm³/mol. The monoisotopic (exact) mass is 318 g/mol. The zero-order valence-electron chi connectivity index (χ0n) is 13.1. The van der Waals surface area contributed by atoms with Crippen molar-refractivity contribution in [1.82, 2.24) is 0 Å². The number of hydrogen-bond acceptors (Lipinski definition) is 2. The molecule has 0 unspecified atom stereocenters. The number of hydrogen-bond donors (Lipinski definition) is 1. The highest BCUT2D eigenvalue weighted by Gasteiger charge is 2.28. The maximum atomic E-state index is 5.96. The molecule has 0 spiro atoms. The summed E-state index contributed by atoms with van der Waals surface area (Å²) in [6.07, 6.45) is 0.912. The zero-order valence-corrected chi connectivity index (χ0v) is 14.7. The summed E-state index contributed by atoms with van der Waals surface area (Å²) in [5, 5.41) is 1.31. The Morgan fingerprint density at radius 1 is 1.38 bits per heavy atom. The van der Waals surface area contributed by atoms with Gasteiger partial charge in [-0.2, -0.15) is 0 Å². The second kappa shape index (κ2) is 6.58. The summed E-state index contributed by atoms with van der Waals surface area (Å²) in [6.45, 7) is 10.4. The third kappa shape index (κ3) is 3.27. The quantitative estimate of drug-likeness (QED) is 0.387. The maximum absolute atomic E-state index is 5.96. The van der Waals surface area contributed by atoms with Crippen LogP contribution >= 0.6 is 23.1 Å². The highest BCUT2D eigenvalue weighted by molar-refractivity contribution is 8.04. The van der Waals surface area contributed by atoms with Gasteiger partial charge in [0.1, 0.15) is 12.4 Å². The fraction of sp³-hybridized carbons (Fsp3) is 0.294. The molecule has 0 aliphatic carbocycles. The van der Waals surface area contributed by atoms with Gasteiger partial charge in [0.25, 0.3) is 4.70 Å². The number of fused-ring (bicyclic) bond motifs is 1. The molecule has 0 amide bonds. The van der Waals surface area contributed by atoms with Crippen LogP contribution in [0.1, 0.15) is 26.0 Å². The van der Waals surface area contributed by atoms with Crippen molar-refractivity contribution in [1.29, 1.82) is 0 Å². The number of thioether (sulfide) groups is 1. The standard InChI is InChI=1S/C17H22N2S2/c1-6-14(11(2)18)13(4)20-17-19(5)12(3)15-9-7-8-10-16(15)21-17/h7-10H,4,6,18H2,1-3,5H3/q+2/b14-11-. The molecule has 0 aliphatic rings. The molecule has 0 saturated carbocycles. The third-order valence-corrected chi connectivity index (χ3v) is 6.09. The van der Waals surface area contributed by atoms with E-state index in [1.165, 1.54) is 20.1 Å². The lowest BCUT2D eigenvalue weighted by atomic mass is 10.1. The van der Waals surface area contributed by atoms with Crippen LogP contribution in [0.4, 0.5) is 0 Å². The van der Waals surface area contributed by atoms with Gasteiger partial charge in [-0.05, 0) is 25.0 Å². The summed E-state index contributed by atoms with van der Waals surface area (Å²) in [6, 6.07) is 8.52. The number of rotatable bonds is 4.